The summed E-state index contributed by atoms with van der Waals surface area (Å²) in [5.41, 5.74) is 1.23. The van der Waals surface area contributed by atoms with Crippen molar-refractivity contribution >= 4 is 11.9 Å². The Hall–Kier alpha value is -2.83. The van der Waals surface area contributed by atoms with E-state index in [0.717, 1.165) is 24.9 Å². The standard InChI is InChI=1S/C18H24N4O3/c1-4-5-9-19-18-20-10-8-14(22-18)17(23)21-12-13-6-7-15(24-2)16(11-13)25-3/h6-8,10-11H,4-5,9,12H2,1-3H3,(H,21,23)(H,19,20,22). The van der Waals surface area contributed by atoms with Crippen LogP contribution in [0.4, 0.5) is 5.95 Å². The van der Waals surface area contributed by atoms with Gasteiger partial charge in [-0.25, -0.2) is 9.97 Å². The summed E-state index contributed by atoms with van der Waals surface area (Å²) in [4.78, 5) is 20.7. The number of benzene rings is 1. The summed E-state index contributed by atoms with van der Waals surface area (Å²) in [5, 5.41) is 5.95. The van der Waals surface area contributed by atoms with Crippen LogP contribution in [0.5, 0.6) is 11.5 Å². The van der Waals surface area contributed by atoms with Crippen molar-refractivity contribution in [1.82, 2.24) is 15.3 Å². The number of unbranched alkanes of at least 4 members (excludes halogenated alkanes) is 1. The minimum absolute atomic E-state index is 0.254. The second-order valence-electron chi connectivity index (χ2n) is 5.42. The van der Waals surface area contributed by atoms with E-state index >= 15 is 0 Å². The van der Waals surface area contributed by atoms with Gasteiger partial charge in [0.25, 0.3) is 5.91 Å². The first-order valence-electron chi connectivity index (χ1n) is 8.24. The number of amides is 1. The molecule has 0 bridgehead atoms. The number of carbonyl (C=O) groups is 1. The Morgan fingerprint density at radius 1 is 1.16 bits per heavy atom. The van der Waals surface area contributed by atoms with Crippen molar-refractivity contribution in [3.63, 3.8) is 0 Å². The lowest BCUT2D eigenvalue weighted by Gasteiger charge is -2.10. The van der Waals surface area contributed by atoms with Gasteiger partial charge in [-0.3, -0.25) is 4.79 Å². The smallest absolute Gasteiger partial charge is 0.270 e. The summed E-state index contributed by atoms with van der Waals surface area (Å²) in [6, 6.07) is 7.10. The number of carbonyl (C=O) groups excluding carboxylic acids is 1. The molecule has 0 unspecified atom stereocenters. The summed E-state index contributed by atoms with van der Waals surface area (Å²) in [5.74, 6) is 1.48. The number of nitrogens with one attached hydrogen (secondary N) is 2. The van der Waals surface area contributed by atoms with E-state index in [-0.39, 0.29) is 5.91 Å². The largest absolute Gasteiger partial charge is 0.493 e. The molecule has 2 rings (SSSR count). The number of aromatic nitrogens is 2. The van der Waals surface area contributed by atoms with Gasteiger partial charge in [-0.15, -0.1) is 0 Å². The molecule has 2 N–H and O–H groups in total. The fourth-order valence-corrected chi connectivity index (χ4v) is 2.21. The van der Waals surface area contributed by atoms with Gasteiger partial charge in [-0.2, -0.15) is 0 Å². The number of hydrogen-bond donors (Lipinski definition) is 2. The first kappa shape index (κ1) is 18.5. The third-order valence-electron chi connectivity index (χ3n) is 3.60. The summed E-state index contributed by atoms with van der Waals surface area (Å²) >= 11 is 0. The van der Waals surface area contributed by atoms with Gasteiger partial charge >= 0.3 is 0 Å². The van der Waals surface area contributed by atoms with E-state index in [1.54, 1.807) is 32.5 Å². The first-order chi connectivity index (χ1) is 12.2. The van der Waals surface area contributed by atoms with Gasteiger partial charge in [-0.1, -0.05) is 19.4 Å². The molecule has 1 aromatic carbocycles. The average molecular weight is 344 g/mol. The van der Waals surface area contributed by atoms with Gasteiger partial charge in [0.1, 0.15) is 5.69 Å². The van der Waals surface area contributed by atoms with E-state index < -0.39 is 0 Å². The van der Waals surface area contributed by atoms with Crippen LogP contribution in [0.1, 0.15) is 35.8 Å². The zero-order valence-electron chi connectivity index (χ0n) is 14.8. The van der Waals surface area contributed by atoms with E-state index in [4.69, 9.17) is 9.47 Å². The molecule has 0 fully saturated rings. The van der Waals surface area contributed by atoms with Crippen molar-refractivity contribution in [3.05, 3.63) is 41.7 Å². The lowest BCUT2D eigenvalue weighted by Crippen LogP contribution is -2.24. The Morgan fingerprint density at radius 3 is 2.68 bits per heavy atom. The SMILES string of the molecule is CCCCNc1nccc(C(=O)NCc2ccc(OC)c(OC)c2)n1. The minimum Gasteiger partial charge on any atom is -0.493 e. The van der Waals surface area contributed by atoms with E-state index in [1.165, 1.54) is 0 Å². The third kappa shape index (κ3) is 5.34. The number of hydrogen-bond acceptors (Lipinski definition) is 6. The van der Waals surface area contributed by atoms with Crippen LogP contribution in [0.3, 0.4) is 0 Å². The van der Waals surface area contributed by atoms with Crippen LogP contribution in [-0.2, 0) is 6.54 Å². The Balaban J connectivity index is 1.97. The molecule has 0 atom stereocenters. The molecular weight excluding hydrogens is 320 g/mol. The third-order valence-corrected chi connectivity index (χ3v) is 3.60. The van der Waals surface area contributed by atoms with E-state index in [1.807, 2.05) is 12.1 Å². The zero-order valence-corrected chi connectivity index (χ0v) is 14.8. The molecule has 7 heteroatoms. The number of ether oxygens (including phenoxy) is 2. The Kier molecular flexibility index (Phi) is 7.00. The second-order valence-corrected chi connectivity index (χ2v) is 5.42. The Morgan fingerprint density at radius 2 is 1.96 bits per heavy atom. The molecule has 0 radical (unpaired) electrons. The van der Waals surface area contributed by atoms with Gasteiger partial charge in [0.05, 0.1) is 14.2 Å². The van der Waals surface area contributed by atoms with Gasteiger partial charge in [0, 0.05) is 19.3 Å². The predicted octanol–water partition coefficient (Wildman–Crippen LogP) is 2.64. The molecule has 1 amide bonds. The quantitative estimate of drug-likeness (QED) is 0.680. The van der Waals surface area contributed by atoms with Crippen molar-refractivity contribution in [2.45, 2.75) is 26.3 Å². The van der Waals surface area contributed by atoms with Gasteiger partial charge in [0.2, 0.25) is 5.95 Å². The van der Waals surface area contributed by atoms with Crippen LogP contribution in [0.2, 0.25) is 0 Å². The minimum atomic E-state index is -0.254. The lowest BCUT2D eigenvalue weighted by atomic mass is 10.2. The highest BCUT2D eigenvalue weighted by molar-refractivity contribution is 5.92. The molecule has 7 nitrogen and oxygen atoms in total. The van der Waals surface area contributed by atoms with E-state index in [9.17, 15) is 4.79 Å². The molecule has 134 valence electrons. The predicted molar refractivity (Wildman–Crippen MR) is 96.1 cm³/mol. The maximum absolute atomic E-state index is 12.3. The van der Waals surface area contributed by atoms with Crippen LogP contribution in [0.15, 0.2) is 30.5 Å². The Bertz CT molecular complexity index is 706. The highest BCUT2D eigenvalue weighted by atomic mass is 16.5. The van der Waals surface area contributed by atoms with E-state index in [2.05, 4.69) is 27.5 Å². The van der Waals surface area contributed by atoms with E-state index in [0.29, 0.717) is 29.7 Å². The van der Waals surface area contributed by atoms with Crippen LogP contribution in [0.25, 0.3) is 0 Å². The number of nitrogens with zero attached hydrogens (tertiary/aromatic N) is 2. The maximum Gasteiger partial charge on any atom is 0.270 e. The molecule has 0 aliphatic carbocycles. The normalized spacial score (nSPS) is 10.2. The van der Waals surface area contributed by atoms with Gasteiger partial charge in [0.15, 0.2) is 11.5 Å². The highest BCUT2D eigenvalue weighted by Crippen LogP contribution is 2.27. The molecule has 0 saturated carbocycles. The highest BCUT2D eigenvalue weighted by Gasteiger charge is 2.10. The fourth-order valence-electron chi connectivity index (χ4n) is 2.21. The molecule has 1 heterocycles. The molecule has 1 aromatic heterocycles. The number of anilines is 1. The topological polar surface area (TPSA) is 85.4 Å². The van der Waals surface area contributed by atoms with Gasteiger partial charge < -0.3 is 20.1 Å². The summed E-state index contributed by atoms with van der Waals surface area (Å²) < 4.78 is 10.5. The van der Waals surface area contributed by atoms with Gasteiger partial charge in [-0.05, 0) is 30.2 Å². The van der Waals surface area contributed by atoms with Crippen LogP contribution in [-0.4, -0.2) is 36.6 Å². The maximum atomic E-state index is 12.3. The molecule has 0 saturated heterocycles. The monoisotopic (exact) mass is 344 g/mol. The van der Waals surface area contributed by atoms with Crippen molar-refractivity contribution in [3.8, 4) is 11.5 Å². The Labute approximate surface area is 147 Å². The average Bonchev–Trinajstić information content (AvgIpc) is 2.66. The van der Waals surface area contributed by atoms with Crippen molar-refractivity contribution in [2.24, 2.45) is 0 Å². The van der Waals surface area contributed by atoms with Crippen LogP contribution >= 0.6 is 0 Å². The molecule has 0 aliphatic rings. The van der Waals surface area contributed by atoms with Crippen molar-refractivity contribution < 1.29 is 14.3 Å². The molecule has 25 heavy (non-hydrogen) atoms. The zero-order chi connectivity index (χ0) is 18.1. The molecular formula is C18H24N4O3. The van der Waals surface area contributed by atoms with Crippen LogP contribution in [0, 0.1) is 0 Å². The second kappa shape index (κ2) is 9.46. The molecule has 2 aromatic rings. The molecule has 0 spiro atoms. The van der Waals surface area contributed by atoms with Crippen LogP contribution < -0.4 is 20.1 Å². The first-order valence-corrected chi connectivity index (χ1v) is 8.24. The number of methoxy groups -OCH3 is 2. The summed E-state index contributed by atoms with van der Waals surface area (Å²) in [7, 11) is 3.16. The fraction of sp³-hybridized carbons (Fsp3) is 0.389. The molecule has 0 aliphatic heterocycles. The lowest BCUT2D eigenvalue weighted by molar-refractivity contribution is 0.0946. The van der Waals surface area contributed by atoms with Crippen molar-refractivity contribution in [2.75, 3.05) is 26.1 Å². The summed E-state index contributed by atoms with van der Waals surface area (Å²) in [6.07, 6.45) is 3.68. The van der Waals surface area contributed by atoms with Crippen molar-refractivity contribution in [1.29, 1.82) is 0 Å². The number of rotatable bonds is 9. The summed E-state index contributed by atoms with van der Waals surface area (Å²) in [6.45, 7) is 3.26.